The summed E-state index contributed by atoms with van der Waals surface area (Å²) in [6, 6.07) is 13.5. The number of nitrogens with one attached hydrogen (secondary N) is 2. The second kappa shape index (κ2) is 19.3. The minimum absolute atomic E-state index is 0.00211. The number of aromatic nitrogens is 8. The summed E-state index contributed by atoms with van der Waals surface area (Å²) in [4.78, 5) is 72.5. The fourth-order valence-corrected chi connectivity index (χ4v) is 13.4. The lowest BCUT2D eigenvalue weighted by molar-refractivity contribution is -0.135. The van der Waals surface area contributed by atoms with Crippen molar-refractivity contribution >= 4 is 56.4 Å². The summed E-state index contributed by atoms with van der Waals surface area (Å²) in [5.41, 5.74) is 2.26. The number of carbonyl (C=O) groups is 3. The average molecular weight is 1050 g/mol. The maximum Gasteiger partial charge on any atom is 0.409 e. The summed E-state index contributed by atoms with van der Waals surface area (Å²) >= 11 is 0. The van der Waals surface area contributed by atoms with E-state index in [4.69, 9.17) is 25.9 Å². The zero-order valence-electron chi connectivity index (χ0n) is 42.6. The Morgan fingerprint density at radius 3 is 2.55 bits per heavy atom. The summed E-state index contributed by atoms with van der Waals surface area (Å²) in [5.74, 6) is 1.18. The fraction of sp³-hybridized carbons (Fsp3) is 0.446. The molecule has 77 heavy (non-hydrogen) atoms. The van der Waals surface area contributed by atoms with Gasteiger partial charge in [0.25, 0.3) is 0 Å². The van der Waals surface area contributed by atoms with Gasteiger partial charge in [-0.25, -0.2) is 18.4 Å². The van der Waals surface area contributed by atoms with E-state index in [1.54, 1.807) is 47.1 Å². The first kappa shape index (κ1) is 48.8. The van der Waals surface area contributed by atoms with E-state index in [1.807, 2.05) is 24.4 Å². The number of halogens is 2. The van der Waals surface area contributed by atoms with Crippen LogP contribution in [0, 0.1) is 29.9 Å². The number of pyridine rings is 1. The van der Waals surface area contributed by atoms with Gasteiger partial charge in [0.2, 0.25) is 11.8 Å². The number of para-hydroxylation sites is 1. The number of imidazole rings is 1. The number of carbonyl (C=O) groups excluding carboxylic acids is 3. The normalized spacial score (nSPS) is 23.8. The van der Waals surface area contributed by atoms with Crippen molar-refractivity contribution in [1.29, 1.82) is 0 Å². The van der Waals surface area contributed by atoms with Gasteiger partial charge in [-0.15, -0.1) is 11.5 Å². The van der Waals surface area contributed by atoms with Gasteiger partial charge in [0, 0.05) is 87.0 Å². The summed E-state index contributed by atoms with van der Waals surface area (Å²) in [6.07, 6.45) is 16.4. The van der Waals surface area contributed by atoms with Gasteiger partial charge in [0.15, 0.2) is 5.82 Å². The lowest BCUT2D eigenvalue weighted by atomic mass is 9.95. The van der Waals surface area contributed by atoms with Crippen LogP contribution in [0.4, 0.5) is 19.4 Å². The molecule has 6 fully saturated rings. The predicted molar refractivity (Wildman–Crippen MR) is 281 cm³/mol. The quantitative estimate of drug-likeness (QED) is 0.115. The third kappa shape index (κ3) is 8.52. The zero-order valence-corrected chi connectivity index (χ0v) is 42.6. The number of terminal acetylenes is 1. The van der Waals surface area contributed by atoms with E-state index < -0.39 is 23.6 Å². The van der Waals surface area contributed by atoms with Gasteiger partial charge in [0.1, 0.15) is 47.8 Å². The van der Waals surface area contributed by atoms with E-state index in [0.29, 0.717) is 82.6 Å². The number of imide groups is 1. The van der Waals surface area contributed by atoms with Crippen molar-refractivity contribution < 1.29 is 32.6 Å². The van der Waals surface area contributed by atoms with Crippen LogP contribution in [0.1, 0.15) is 75.8 Å². The molecule has 3 aromatic carbocycles. The molecule has 7 aromatic rings. The molecule has 4 aromatic heterocycles. The van der Waals surface area contributed by atoms with Gasteiger partial charge in [-0.2, -0.15) is 9.97 Å². The molecule has 396 valence electrons. The summed E-state index contributed by atoms with van der Waals surface area (Å²) in [6.45, 7) is 4.42. The van der Waals surface area contributed by atoms with Crippen molar-refractivity contribution in [1.82, 2.24) is 59.5 Å². The molecule has 5 atom stereocenters. The summed E-state index contributed by atoms with van der Waals surface area (Å²) < 4.78 is 49.7. The fourth-order valence-electron chi connectivity index (χ4n) is 13.4. The van der Waals surface area contributed by atoms with E-state index in [1.165, 1.54) is 15.2 Å². The highest BCUT2D eigenvalue weighted by molar-refractivity contribution is 6.03. The lowest BCUT2D eigenvalue weighted by Gasteiger charge is -2.35. The van der Waals surface area contributed by atoms with Crippen LogP contribution in [0.2, 0.25) is 0 Å². The highest BCUT2D eigenvalue weighted by Crippen LogP contribution is 2.44. The highest BCUT2D eigenvalue weighted by atomic mass is 19.1. The van der Waals surface area contributed by atoms with E-state index in [9.17, 15) is 19.2 Å². The number of nitrogens with zero attached hydrogens (tertiary/aromatic N) is 11. The van der Waals surface area contributed by atoms with E-state index in [2.05, 4.69) is 41.6 Å². The highest BCUT2D eigenvalue weighted by Gasteiger charge is 2.50. The molecule has 0 radical (unpaired) electrons. The third-order valence-electron chi connectivity index (χ3n) is 17.2. The Kier molecular flexibility index (Phi) is 12.2. The number of hydrogen-bond donors (Lipinski definition) is 2. The third-order valence-corrected chi connectivity index (χ3v) is 17.2. The smallest absolute Gasteiger partial charge is 0.409 e. The Bertz CT molecular complexity index is 3650. The van der Waals surface area contributed by atoms with Gasteiger partial charge in [-0.05, 0) is 87.8 Å². The van der Waals surface area contributed by atoms with Gasteiger partial charge in [0.05, 0.1) is 33.7 Å². The molecule has 3 unspecified atom stereocenters. The van der Waals surface area contributed by atoms with E-state index in [-0.39, 0.29) is 96.1 Å². The summed E-state index contributed by atoms with van der Waals surface area (Å²) in [5, 5.41) is 16.5. The van der Waals surface area contributed by atoms with Crippen LogP contribution in [0.15, 0.2) is 65.7 Å². The molecule has 0 spiro atoms. The number of likely N-dealkylation sites (tertiary alicyclic amines) is 1. The van der Waals surface area contributed by atoms with E-state index in [0.717, 1.165) is 57.9 Å². The molecule has 6 aliphatic rings. The Hall–Kier alpha value is -7.83. The second-order valence-corrected chi connectivity index (χ2v) is 21.7. The van der Waals surface area contributed by atoms with Crippen molar-refractivity contribution in [3.63, 3.8) is 0 Å². The number of rotatable bonds is 11. The molecule has 2 N–H and O–H groups in total. The monoisotopic (exact) mass is 1050 g/mol. The number of aryl methyl sites for hydroxylation is 1. The molecule has 0 saturated carbocycles. The standard InChI is InChI=1S/C56H57F2N13O6/c1-3-37-41(57)14-11-33-7-4-9-39(46(33)37)48-47(58)49-40(25-59-48)51(68-27-34-12-13-35(28-68)60-34)63-53(62-49)77-31-56-20-6-22-70(56)36(17-21-56)30-76-55(75)67-23-18-32(19-24-67)26-69-29-42(64-65-69)38-8-5-10-43-50(38)66(2)54(74)71(43)44-15-16-45(72)61-52(44)73/h1,4-5,7-11,14,25,29,32,34-36,44,60H,6,12-13,15-24,26-28,30-31H2,2H3,(H,61,72,73)/t34?,35?,36-,44?,56-/m0/s1. The van der Waals surface area contributed by atoms with Crippen LogP contribution >= 0.6 is 0 Å². The molecule has 13 rings (SSSR count). The SMILES string of the molecule is C#Cc1c(F)ccc2cccc(-c3ncc4c(N5CC6CCC(C5)N6)nc(OC[C@@]56CCCN5[C@H](COC(=O)N5CCC(Cn7cc(-c8cccc9c8n(C)c(=O)n9C8CCC(=O)NC8=O)nn7)CC5)CC6)nc4c3F)c12. The first-order valence-corrected chi connectivity index (χ1v) is 26.7. The Balaban J connectivity index is 0.661. The van der Waals surface area contributed by atoms with Crippen molar-refractivity contribution in [3.8, 4) is 40.9 Å². The van der Waals surface area contributed by atoms with Gasteiger partial charge in [-0.3, -0.25) is 38.6 Å². The number of anilines is 1. The van der Waals surface area contributed by atoms with Crippen LogP contribution in [0.25, 0.3) is 55.2 Å². The van der Waals surface area contributed by atoms with Crippen LogP contribution < -0.4 is 26.0 Å². The molecule has 10 heterocycles. The molecule has 21 heteroatoms. The maximum atomic E-state index is 17.2. The maximum absolute atomic E-state index is 17.2. The zero-order chi connectivity index (χ0) is 52.7. The van der Waals surface area contributed by atoms with Crippen molar-refractivity contribution in [3.05, 3.63) is 88.6 Å². The van der Waals surface area contributed by atoms with Crippen LogP contribution in [0.5, 0.6) is 6.01 Å². The minimum Gasteiger partial charge on any atom is -0.461 e. The Morgan fingerprint density at radius 2 is 1.74 bits per heavy atom. The molecule has 2 bridgehead atoms. The van der Waals surface area contributed by atoms with Crippen molar-refractivity contribution in [2.24, 2.45) is 13.0 Å². The molecule has 3 amide bonds. The molecule has 6 saturated heterocycles. The molecule has 0 aliphatic carbocycles. The van der Waals surface area contributed by atoms with Crippen LogP contribution in [0.3, 0.4) is 0 Å². The van der Waals surface area contributed by atoms with Crippen LogP contribution in [-0.2, 0) is 27.9 Å². The van der Waals surface area contributed by atoms with Gasteiger partial charge in [-0.1, -0.05) is 47.5 Å². The topological polar surface area (TPSA) is 200 Å². The Labute approximate surface area is 440 Å². The molecular weight excluding hydrogens is 989 g/mol. The number of fused-ring (bicyclic) bond motifs is 6. The minimum atomic E-state index is -0.795. The molecule has 6 aliphatic heterocycles. The number of amides is 3. The number of benzene rings is 3. The van der Waals surface area contributed by atoms with Gasteiger partial charge >= 0.3 is 17.8 Å². The second-order valence-electron chi connectivity index (χ2n) is 21.7. The number of hydrogen-bond acceptors (Lipinski definition) is 14. The first-order chi connectivity index (χ1) is 37.4. The lowest BCUT2D eigenvalue weighted by Crippen LogP contribution is -2.51. The first-order valence-electron chi connectivity index (χ1n) is 26.7. The Morgan fingerprint density at radius 1 is 0.935 bits per heavy atom. The number of ether oxygens (including phenoxy) is 2. The van der Waals surface area contributed by atoms with E-state index >= 15 is 8.78 Å². The van der Waals surface area contributed by atoms with Gasteiger partial charge < -0.3 is 24.6 Å². The average Bonchev–Trinajstić information content (AvgIpc) is 4.32. The molecular formula is C56H57F2N13O6. The summed E-state index contributed by atoms with van der Waals surface area (Å²) in [7, 11) is 1.66. The largest absolute Gasteiger partial charge is 0.461 e. The van der Waals surface area contributed by atoms with Crippen molar-refractivity contribution in [2.75, 3.05) is 50.8 Å². The number of piperidine rings is 2. The number of piperazine rings is 1. The predicted octanol–water partition coefficient (Wildman–Crippen LogP) is 5.86. The van der Waals surface area contributed by atoms with Crippen molar-refractivity contribution in [2.45, 2.75) is 100 Å². The molecule has 19 nitrogen and oxygen atoms in total. The van der Waals surface area contributed by atoms with Crippen LogP contribution in [-0.4, -0.2) is 136 Å².